The van der Waals surface area contributed by atoms with Gasteiger partial charge < -0.3 is 43.2 Å². The summed E-state index contributed by atoms with van der Waals surface area (Å²) in [5.41, 5.74) is 3.73. The van der Waals surface area contributed by atoms with Crippen molar-refractivity contribution >= 4 is 27.5 Å². The van der Waals surface area contributed by atoms with Crippen molar-refractivity contribution in [3.05, 3.63) is 143 Å². The predicted octanol–water partition coefficient (Wildman–Crippen LogP) is 5.02. The number of carbonyl (C=O) groups excluding carboxylic acids is 1. The molecule has 0 bridgehead atoms. The highest BCUT2D eigenvalue weighted by Gasteiger charge is 2.35. The molecule has 0 unspecified atom stereocenters. The largest absolute Gasteiger partial charge is 0.480 e. The number of amides is 1. The number of nitrogens with one attached hydrogen (secondary N) is 1. The lowest BCUT2D eigenvalue weighted by atomic mass is 9.77. The Bertz CT molecular complexity index is 1920. The Hall–Kier alpha value is -4.97. The topological polar surface area (TPSA) is 168 Å². The summed E-state index contributed by atoms with van der Waals surface area (Å²) in [5.74, 6) is -1.05. The number of sulfone groups is 1. The fraction of sp³-hybridized carbons (Fsp3) is 0.378. The van der Waals surface area contributed by atoms with Crippen molar-refractivity contribution in [2.45, 2.75) is 10.4 Å². The zero-order valence-corrected chi connectivity index (χ0v) is 34.5. The Balaban J connectivity index is 1.01. The van der Waals surface area contributed by atoms with Crippen LogP contribution in [0.1, 0.15) is 22.3 Å². The first-order valence-electron chi connectivity index (χ1n) is 19.9. The Morgan fingerprint density at radius 3 is 1.50 bits per heavy atom. The van der Waals surface area contributed by atoms with E-state index in [0.717, 1.165) is 22.1 Å². The molecule has 0 aromatic heterocycles. The second-order valence-electron chi connectivity index (χ2n) is 13.5. The normalized spacial score (nSPS) is 13.1. The quantitative estimate of drug-likeness (QED) is 0.0553. The third-order valence-corrected chi connectivity index (χ3v) is 11.0. The number of rotatable bonds is 29. The number of fused-ring (bicyclic) bond motifs is 1. The smallest absolute Gasteiger partial charge is 0.410 e. The van der Waals surface area contributed by atoms with Crippen molar-refractivity contribution in [2.75, 3.05) is 106 Å². The minimum Gasteiger partial charge on any atom is -0.480 e. The fourth-order valence-electron chi connectivity index (χ4n) is 6.60. The first kappa shape index (κ1) is 46.1. The van der Waals surface area contributed by atoms with Gasteiger partial charge in [0.2, 0.25) is 9.84 Å². The van der Waals surface area contributed by atoms with E-state index >= 15 is 0 Å². The summed E-state index contributed by atoms with van der Waals surface area (Å²) in [5, 5.41) is 13.5. The summed E-state index contributed by atoms with van der Waals surface area (Å²) in [7, 11) is -3.60. The van der Waals surface area contributed by atoms with Crippen LogP contribution in [0.25, 0.3) is 5.57 Å². The second-order valence-corrected chi connectivity index (χ2v) is 15.3. The van der Waals surface area contributed by atoms with Crippen LogP contribution >= 0.6 is 0 Å². The van der Waals surface area contributed by atoms with Crippen molar-refractivity contribution < 1.29 is 56.3 Å². The van der Waals surface area contributed by atoms with Crippen LogP contribution in [-0.4, -0.2) is 136 Å². The Morgan fingerprint density at radius 2 is 1.00 bits per heavy atom. The average Bonchev–Trinajstić information content (AvgIpc) is 3.54. The van der Waals surface area contributed by atoms with Crippen molar-refractivity contribution in [3.63, 3.8) is 0 Å². The van der Waals surface area contributed by atoms with E-state index in [1.54, 1.807) is 18.2 Å². The second kappa shape index (κ2) is 25.0. The van der Waals surface area contributed by atoms with Gasteiger partial charge in [0.25, 0.3) is 0 Å². The van der Waals surface area contributed by atoms with Crippen LogP contribution in [0.15, 0.2) is 126 Å². The van der Waals surface area contributed by atoms with E-state index in [1.807, 2.05) is 18.2 Å². The molecule has 14 nitrogen and oxygen atoms in total. The molecular formula is C45H54N2O12S. The van der Waals surface area contributed by atoms with Crippen LogP contribution in [0.5, 0.6) is 0 Å². The fourth-order valence-corrected chi connectivity index (χ4v) is 8.07. The van der Waals surface area contributed by atoms with Gasteiger partial charge in [0.05, 0.1) is 83.1 Å². The molecule has 60 heavy (non-hydrogen) atoms. The molecule has 1 amide bonds. The first-order valence-corrected chi connectivity index (χ1v) is 21.4. The molecule has 0 fully saturated rings. The third-order valence-electron chi connectivity index (χ3n) is 9.43. The lowest BCUT2D eigenvalue weighted by molar-refractivity contribution is -0.142. The van der Waals surface area contributed by atoms with E-state index in [0.29, 0.717) is 50.7 Å². The molecule has 2 N–H and O–H groups in total. The number of carbonyl (C=O) groups is 2. The zero-order valence-electron chi connectivity index (χ0n) is 33.7. The minimum atomic E-state index is -3.60. The van der Waals surface area contributed by atoms with Crippen LogP contribution in [0.2, 0.25) is 0 Å². The molecule has 0 radical (unpaired) electrons. The summed E-state index contributed by atoms with van der Waals surface area (Å²) in [6.45, 7) is 3.49. The summed E-state index contributed by atoms with van der Waals surface area (Å²) in [6.07, 6.45) is -0.645. The van der Waals surface area contributed by atoms with Gasteiger partial charge in [-0.15, -0.1) is 0 Å². The predicted molar refractivity (Wildman–Crippen MR) is 224 cm³/mol. The molecule has 4 aromatic rings. The van der Waals surface area contributed by atoms with Crippen LogP contribution in [0.3, 0.4) is 0 Å². The number of nitrogens with zero attached hydrogens (tertiary/aromatic N) is 1. The molecule has 5 rings (SSSR count). The maximum absolute atomic E-state index is 13.2. The van der Waals surface area contributed by atoms with Crippen LogP contribution < -0.4 is 5.32 Å². The molecule has 0 atom stereocenters. The van der Waals surface area contributed by atoms with Gasteiger partial charge in [-0.05, 0) is 22.8 Å². The van der Waals surface area contributed by atoms with E-state index in [-0.39, 0.29) is 64.2 Å². The van der Waals surface area contributed by atoms with Crippen molar-refractivity contribution in [3.8, 4) is 0 Å². The Kier molecular flexibility index (Phi) is 19.2. The molecule has 1 aliphatic rings. The SMILES string of the molecule is O=C(O)COCCOCCOCCN(CCOCCOCCOCCNC(c1ccccc1)(c1ccccc1)c1ccccc1)C(=O)OCC1=CS(=O)(=O)c2ccccc21. The maximum atomic E-state index is 13.2. The molecule has 1 heterocycles. The lowest BCUT2D eigenvalue weighted by Crippen LogP contribution is -2.46. The average molecular weight is 847 g/mol. The number of ether oxygens (including phenoxy) is 7. The standard InChI is InChI=1S/C45H54N2O12S/c48-43(49)35-58-33-32-57-31-28-55-25-22-47(44(50)59-34-37-36-60(51,52)42-19-11-10-18-41(37)42)21-24-54-27-30-56-29-26-53-23-20-46-45(38-12-4-1-5-13-38,39-14-6-2-7-15-39)40-16-8-3-9-17-40/h1-19,36,46H,20-35H2,(H,48,49). The molecule has 1 aliphatic heterocycles. The molecule has 0 spiro atoms. The van der Waals surface area contributed by atoms with Gasteiger partial charge in [-0.2, -0.15) is 0 Å². The zero-order chi connectivity index (χ0) is 42.3. The molecule has 0 saturated heterocycles. The highest BCUT2D eigenvalue weighted by Crippen LogP contribution is 2.37. The van der Waals surface area contributed by atoms with E-state index in [4.69, 9.17) is 38.3 Å². The van der Waals surface area contributed by atoms with Crippen LogP contribution in [0, 0.1) is 0 Å². The summed E-state index contributed by atoms with van der Waals surface area (Å²) < 4.78 is 64.0. The first-order chi connectivity index (χ1) is 29.3. The third kappa shape index (κ3) is 14.1. The number of hydrogen-bond acceptors (Lipinski definition) is 12. The summed E-state index contributed by atoms with van der Waals surface area (Å²) in [4.78, 5) is 25.3. The van der Waals surface area contributed by atoms with Gasteiger partial charge in [0, 0.05) is 36.2 Å². The molecule has 15 heteroatoms. The van der Waals surface area contributed by atoms with E-state index in [1.165, 1.54) is 11.0 Å². The molecule has 0 saturated carbocycles. The molecule has 4 aromatic carbocycles. The summed E-state index contributed by atoms with van der Waals surface area (Å²) in [6, 6.07) is 37.8. The van der Waals surface area contributed by atoms with Crippen molar-refractivity contribution in [1.29, 1.82) is 0 Å². The highest BCUT2D eigenvalue weighted by molar-refractivity contribution is 7.95. The maximum Gasteiger partial charge on any atom is 0.410 e. The number of aliphatic carboxylic acids is 1. The number of carboxylic acids is 1. The molecular weight excluding hydrogens is 793 g/mol. The van der Waals surface area contributed by atoms with Gasteiger partial charge in [-0.25, -0.2) is 18.0 Å². The van der Waals surface area contributed by atoms with Crippen molar-refractivity contribution in [2.24, 2.45) is 0 Å². The van der Waals surface area contributed by atoms with Crippen molar-refractivity contribution in [1.82, 2.24) is 10.2 Å². The van der Waals surface area contributed by atoms with E-state index in [2.05, 4.69) is 78.1 Å². The Labute approximate surface area is 351 Å². The molecule has 322 valence electrons. The highest BCUT2D eigenvalue weighted by atomic mass is 32.2. The van der Waals surface area contributed by atoms with Crippen LogP contribution in [-0.2, 0) is 53.3 Å². The number of benzene rings is 4. The van der Waals surface area contributed by atoms with Gasteiger partial charge in [-0.3, -0.25) is 5.32 Å². The van der Waals surface area contributed by atoms with E-state index < -0.39 is 34.0 Å². The van der Waals surface area contributed by atoms with Gasteiger partial charge in [-0.1, -0.05) is 109 Å². The van der Waals surface area contributed by atoms with Gasteiger partial charge in [0.15, 0.2) is 0 Å². The van der Waals surface area contributed by atoms with Crippen LogP contribution in [0.4, 0.5) is 4.79 Å². The lowest BCUT2D eigenvalue weighted by Gasteiger charge is -2.37. The molecule has 0 aliphatic carbocycles. The minimum absolute atomic E-state index is 0.145. The van der Waals surface area contributed by atoms with Gasteiger partial charge in [0.1, 0.15) is 13.2 Å². The van der Waals surface area contributed by atoms with E-state index in [9.17, 15) is 18.0 Å². The van der Waals surface area contributed by atoms with Gasteiger partial charge >= 0.3 is 12.1 Å². The monoisotopic (exact) mass is 846 g/mol. The summed E-state index contributed by atoms with van der Waals surface area (Å²) >= 11 is 0. The Morgan fingerprint density at radius 1 is 0.567 bits per heavy atom. The number of hydrogen-bond donors (Lipinski definition) is 2. The number of carboxylic acid groups (broad SMARTS) is 1.